The minimum atomic E-state index is -0.363. The van der Waals surface area contributed by atoms with Crippen molar-refractivity contribution in [2.75, 3.05) is 0 Å². The Morgan fingerprint density at radius 2 is 1.64 bits per heavy atom. The topological polar surface area (TPSA) is 20.2 Å². The summed E-state index contributed by atoms with van der Waals surface area (Å²) in [5.74, 6) is 5.84. The summed E-state index contributed by atoms with van der Waals surface area (Å²) in [4.78, 5) is 0. The molecule has 4 fully saturated rings. The van der Waals surface area contributed by atoms with Crippen molar-refractivity contribution in [3.63, 3.8) is 0 Å². The van der Waals surface area contributed by atoms with Crippen LogP contribution in [-0.2, 0) is 0 Å². The van der Waals surface area contributed by atoms with Gasteiger partial charge in [0, 0.05) is 0 Å². The second-order valence-corrected chi connectivity index (χ2v) is 9.90. The molecule has 0 bridgehead atoms. The minimum Gasteiger partial charge on any atom is -0.390 e. The van der Waals surface area contributed by atoms with Crippen molar-refractivity contribution in [3.05, 3.63) is 0 Å². The van der Waals surface area contributed by atoms with Crippen molar-refractivity contribution in [3.8, 4) is 0 Å². The SMILES string of the molecule is CC[C@H]1CC[C@H]2[C@@H]3CC[C@@H]4C[C@](C)(O)CC[C@@H]4[C@H]3CC[C@]12C. The van der Waals surface area contributed by atoms with Crippen molar-refractivity contribution in [2.24, 2.45) is 40.9 Å². The van der Waals surface area contributed by atoms with E-state index in [1.165, 1.54) is 51.4 Å². The molecule has 0 aromatic rings. The van der Waals surface area contributed by atoms with Gasteiger partial charge in [-0.3, -0.25) is 0 Å². The van der Waals surface area contributed by atoms with Gasteiger partial charge in [-0.1, -0.05) is 20.3 Å². The molecule has 0 aromatic heterocycles. The van der Waals surface area contributed by atoms with Crippen molar-refractivity contribution >= 4 is 0 Å². The normalized spacial score (nSPS) is 57.8. The molecule has 0 unspecified atom stereocenters. The highest BCUT2D eigenvalue weighted by Gasteiger charge is 2.56. The zero-order chi connectivity index (χ0) is 15.5. The van der Waals surface area contributed by atoms with Crippen LogP contribution in [0.25, 0.3) is 0 Å². The van der Waals surface area contributed by atoms with Gasteiger partial charge in [0.2, 0.25) is 0 Å². The molecule has 0 saturated heterocycles. The number of hydrogen-bond donors (Lipinski definition) is 1. The van der Waals surface area contributed by atoms with E-state index in [9.17, 15) is 5.11 Å². The Hall–Kier alpha value is -0.0400. The highest BCUT2D eigenvalue weighted by molar-refractivity contribution is 5.06. The van der Waals surface area contributed by atoms with E-state index in [0.29, 0.717) is 5.41 Å². The molecule has 1 N–H and O–H groups in total. The van der Waals surface area contributed by atoms with Crippen LogP contribution in [0.3, 0.4) is 0 Å². The average Bonchev–Trinajstić information content (AvgIpc) is 2.82. The summed E-state index contributed by atoms with van der Waals surface area (Å²) in [6.45, 7) is 7.15. The van der Waals surface area contributed by atoms with Crippen LogP contribution in [0.15, 0.2) is 0 Å². The first-order valence-electron chi connectivity index (χ1n) is 10.2. The van der Waals surface area contributed by atoms with E-state index in [2.05, 4.69) is 20.8 Å². The molecule has 1 heteroatoms. The Morgan fingerprint density at radius 3 is 2.41 bits per heavy atom. The van der Waals surface area contributed by atoms with Gasteiger partial charge in [-0.15, -0.1) is 0 Å². The maximum absolute atomic E-state index is 10.5. The predicted octanol–water partition coefficient (Wildman–Crippen LogP) is 5.42. The van der Waals surface area contributed by atoms with E-state index in [4.69, 9.17) is 0 Å². The summed E-state index contributed by atoms with van der Waals surface area (Å²) >= 11 is 0. The summed E-state index contributed by atoms with van der Waals surface area (Å²) in [6.07, 6.45) is 13.7. The molecule has 1 nitrogen and oxygen atoms in total. The van der Waals surface area contributed by atoms with Crippen LogP contribution in [0, 0.1) is 40.9 Å². The van der Waals surface area contributed by atoms with Gasteiger partial charge >= 0.3 is 0 Å². The Morgan fingerprint density at radius 1 is 0.864 bits per heavy atom. The molecule has 8 atom stereocenters. The molecular formula is C21H36O. The monoisotopic (exact) mass is 304 g/mol. The smallest absolute Gasteiger partial charge is 0.0622 e. The van der Waals surface area contributed by atoms with E-state index < -0.39 is 0 Å². The van der Waals surface area contributed by atoms with Crippen LogP contribution in [0.5, 0.6) is 0 Å². The van der Waals surface area contributed by atoms with Crippen molar-refractivity contribution < 1.29 is 5.11 Å². The summed E-state index contributed by atoms with van der Waals surface area (Å²) in [7, 11) is 0. The molecule has 0 amide bonds. The standard InChI is InChI=1S/C21H36O/c1-4-15-6-8-19-18-7-5-14-13-20(2,22)11-9-16(14)17(18)10-12-21(15,19)3/h14-19,22H,4-13H2,1-3H3/t14-,15+,16+,17-,18-,19+,20-,21-/m1/s1. The van der Waals surface area contributed by atoms with Gasteiger partial charge in [0.15, 0.2) is 0 Å². The molecular weight excluding hydrogens is 268 g/mol. The number of hydrogen-bond acceptors (Lipinski definition) is 1. The molecule has 0 aromatic carbocycles. The summed E-state index contributed by atoms with van der Waals surface area (Å²) in [5.41, 5.74) is 0.306. The lowest BCUT2D eigenvalue weighted by atomic mass is 9.49. The van der Waals surface area contributed by atoms with Gasteiger partial charge in [-0.25, -0.2) is 0 Å². The third-order valence-corrected chi connectivity index (χ3v) is 8.93. The fourth-order valence-corrected chi connectivity index (χ4v) is 7.86. The summed E-state index contributed by atoms with van der Waals surface area (Å²) in [6, 6.07) is 0. The quantitative estimate of drug-likeness (QED) is 0.686. The second kappa shape index (κ2) is 5.23. The van der Waals surface area contributed by atoms with Gasteiger partial charge in [-0.05, 0) is 106 Å². The molecule has 4 aliphatic rings. The Bertz CT molecular complexity index is 428. The van der Waals surface area contributed by atoms with Crippen LogP contribution >= 0.6 is 0 Å². The van der Waals surface area contributed by atoms with Crippen LogP contribution in [0.1, 0.15) is 85.0 Å². The largest absolute Gasteiger partial charge is 0.390 e. The highest BCUT2D eigenvalue weighted by atomic mass is 16.3. The Kier molecular flexibility index (Phi) is 3.68. The molecule has 0 aliphatic heterocycles. The van der Waals surface area contributed by atoms with Crippen LogP contribution in [-0.4, -0.2) is 10.7 Å². The van der Waals surface area contributed by atoms with Crippen molar-refractivity contribution in [1.29, 1.82) is 0 Å². The maximum atomic E-state index is 10.5. The third-order valence-electron chi connectivity index (χ3n) is 8.93. The zero-order valence-corrected chi connectivity index (χ0v) is 15.0. The second-order valence-electron chi connectivity index (χ2n) is 9.90. The first-order valence-corrected chi connectivity index (χ1v) is 10.2. The molecule has 126 valence electrons. The number of aliphatic hydroxyl groups is 1. The van der Waals surface area contributed by atoms with Gasteiger partial charge in [0.05, 0.1) is 5.60 Å². The van der Waals surface area contributed by atoms with E-state index >= 15 is 0 Å². The molecule has 4 rings (SSSR count). The Labute approximate surface area is 137 Å². The minimum absolute atomic E-state index is 0.363. The van der Waals surface area contributed by atoms with E-state index in [1.54, 1.807) is 0 Å². The number of fused-ring (bicyclic) bond motifs is 5. The zero-order valence-electron chi connectivity index (χ0n) is 15.0. The number of rotatable bonds is 1. The summed E-state index contributed by atoms with van der Waals surface area (Å²) in [5, 5.41) is 10.5. The third kappa shape index (κ3) is 2.21. The van der Waals surface area contributed by atoms with Gasteiger partial charge < -0.3 is 5.11 Å². The highest BCUT2D eigenvalue weighted by Crippen LogP contribution is 2.65. The van der Waals surface area contributed by atoms with Gasteiger partial charge in [0.1, 0.15) is 0 Å². The molecule has 0 heterocycles. The Balaban J connectivity index is 1.54. The predicted molar refractivity (Wildman–Crippen MR) is 91.5 cm³/mol. The van der Waals surface area contributed by atoms with Crippen molar-refractivity contribution in [1.82, 2.24) is 0 Å². The van der Waals surface area contributed by atoms with Crippen LogP contribution in [0.2, 0.25) is 0 Å². The molecule has 4 saturated carbocycles. The summed E-state index contributed by atoms with van der Waals surface area (Å²) < 4.78 is 0. The van der Waals surface area contributed by atoms with Gasteiger partial charge in [0.25, 0.3) is 0 Å². The lowest BCUT2D eigenvalue weighted by Gasteiger charge is -2.57. The first-order chi connectivity index (χ1) is 10.4. The molecule has 22 heavy (non-hydrogen) atoms. The van der Waals surface area contributed by atoms with E-state index in [0.717, 1.165) is 48.3 Å². The fraction of sp³-hybridized carbons (Fsp3) is 1.00. The first kappa shape index (κ1) is 15.5. The lowest BCUT2D eigenvalue weighted by Crippen LogP contribution is -2.50. The fourth-order valence-electron chi connectivity index (χ4n) is 7.86. The molecule has 0 spiro atoms. The van der Waals surface area contributed by atoms with E-state index in [1.807, 2.05) is 0 Å². The molecule has 0 radical (unpaired) electrons. The van der Waals surface area contributed by atoms with Crippen LogP contribution in [0.4, 0.5) is 0 Å². The molecule has 4 aliphatic carbocycles. The van der Waals surface area contributed by atoms with Crippen LogP contribution < -0.4 is 0 Å². The van der Waals surface area contributed by atoms with Crippen molar-refractivity contribution in [2.45, 2.75) is 90.6 Å². The maximum Gasteiger partial charge on any atom is 0.0622 e. The average molecular weight is 305 g/mol. The van der Waals surface area contributed by atoms with Gasteiger partial charge in [-0.2, -0.15) is 0 Å². The van der Waals surface area contributed by atoms with E-state index in [-0.39, 0.29) is 5.60 Å². The lowest BCUT2D eigenvalue weighted by molar-refractivity contribution is -0.0997.